The van der Waals surface area contributed by atoms with Gasteiger partial charge in [0.1, 0.15) is 0 Å². The van der Waals surface area contributed by atoms with E-state index in [1.165, 1.54) is 44.9 Å². The minimum atomic E-state index is -4.23. The Morgan fingerprint density at radius 2 is 1.60 bits per heavy atom. The third kappa shape index (κ3) is 18.9. The van der Waals surface area contributed by atoms with Crippen molar-refractivity contribution in [2.75, 3.05) is 6.61 Å². The summed E-state index contributed by atoms with van der Waals surface area (Å²) in [7, 11) is -4.23. The summed E-state index contributed by atoms with van der Waals surface area (Å²) >= 11 is 0. The lowest BCUT2D eigenvalue weighted by Gasteiger charge is -2.02. The van der Waals surface area contributed by atoms with Crippen LogP contribution in [0.4, 0.5) is 0 Å². The molecule has 0 fully saturated rings. The van der Waals surface area contributed by atoms with Gasteiger partial charge in [0.25, 0.3) is 0 Å². The zero-order valence-corrected chi connectivity index (χ0v) is 16.2. The molecule has 0 bridgehead atoms. The van der Waals surface area contributed by atoms with Gasteiger partial charge in [0.2, 0.25) is 0 Å². The third-order valence-corrected chi connectivity index (χ3v) is 4.09. The monoisotopic (exact) mass is 371 g/mol. The topological polar surface area (TPSA) is 76.5 Å². The molecule has 0 saturated carbocycles. The Labute approximate surface area is 153 Å². The quantitative estimate of drug-likeness (QED) is 0.368. The standard InChI is InChI=1S/C12H26O4S.C7H7N/c1-2-3-4-5-6-7-8-9-10-11-12-16-17(13,14)15;1-2-7-5-3-4-6-8-7/h2-12H2,1H3,(H,13,14,15);2-6H,1H2. The number of aromatic nitrogens is 1. The molecule has 0 saturated heterocycles. The Morgan fingerprint density at radius 1 is 1.04 bits per heavy atom. The van der Waals surface area contributed by atoms with Crippen LogP contribution in [0.15, 0.2) is 31.0 Å². The Bertz CT molecular complexity index is 517. The highest BCUT2D eigenvalue weighted by Crippen LogP contribution is 2.10. The van der Waals surface area contributed by atoms with Crippen LogP contribution in [0, 0.1) is 0 Å². The van der Waals surface area contributed by atoms with E-state index in [9.17, 15) is 8.42 Å². The van der Waals surface area contributed by atoms with E-state index in [4.69, 9.17) is 4.55 Å². The van der Waals surface area contributed by atoms with E-state index in [2.05, 4.69) is 22.7 Å². The summed E-state index contributed by atoms with van der Waals surface area (Å²) in [5.74, 6) is 0. The maximum atomic E-state index is 10.2. The molecular formula is C19H33NO4S. The maximum absolute atomic E-state index is 10.2. The molecule has 25 heavy (non-hydrogen) atoms. The van der Waals surface area contributed by atoms with Gasteiger partial charge in [-0.3, -0.25) is 9.54 Å². The van der Waals surface area contributed by atoms with Gasteiger partial charge in [-0.05, 0) is 24.6 Å². The van der Waals surface area contributed by atoms with Crippen molar-refractivity contribution >= 4 is 16.5 Å². The van der Waals surface area contributed by atoms with Crippen molar-refractivity contribution in [1.29, 1.82) is 0 Å². The molecule has 144 valence electrons. The second kappa shape index (κ2) is 16.2. The summed E-state index contributed by atoms with van der Waals surface area (Å²) < 4.78 is 33.0. The number of pyridine rings is 1. The Hall–Kier alpha value is -1.24. The third-order valence-electron chi connectivity index (χ3n) is 3.63. The van der Waals surface area contributed by atoms with Gasteiger partial charge in [-0.1, -0.05) is 77.4 Å². The summed E-state index contributed by atoms with van der Waals surface area (Å²) in [6.07, 6.45) is 15.3. The Kier molecular flexibility index (Phi) is 15.4. The molecule has 1 aromatic heterocycles. The van der Waals surface area contributed by atoms with Gasteiger partial charge >= 0.3 is 10.4 Å². The molecule has 0 aliphatic heterocycles. The molecule has 0 spiro atoms. The van der Waals surface area contributed by atoms with Crippen LogP contribution in [0.1, 0.15) is 76.8 Å². The van der Waals surface area contributed by atoms with Crippen LogP contribution in [0.3, 0.4) is 0 Å². The Morgan fingerprint density at radius 3 is 2.00 bits per heavy atom. The van der Waals surface area contributed by atoms with Crippen molar-refractivity contribution < 1.29 is 17.2 Å². The molecule has 0 aliphatic rings. The van der Waals surface area contributed by atoms with E-state index in [0.29, 0.717) is 6.42 Å². The van der Waals surface area contributed by atoms with E-state index in [-0.39, 0.29) is 6.61 Å². The number of hydrogen-bond acceptors (Lipinski definition) is 4. The van der Waals surface area contributed by atoms with Crippen LogP contribution in [0.2, 0.25) is 0 Å². The normalized spacial score (nSPS) is 10.8. The van der Waals surface area contributed by atoms with E-state index in [0.717, 1.165) is 18.5 Å². The smallest absolute Gasteiger partial charge is 0.264 e. The first-order valence-corrected chi connectivity index (χ1v) is 10.5. The zero-order chi connectivity index (χ0) is 18.8. The lowest BCUT2D eigenvalue weighted by atomic mass is 10.1. The second-order valence-electron chi connectivity index (χ2n) is 5.89. The largest absolute Gasteiger partial charge is 0.397 e. The number of unbranched alkanes of at least 4 members (excludes halogenated alkanes) is 9. The van der Waals surface area contributed by atoms with Crippen molar-refractivity contribution in [3.8, 4) is 0 Å². The summed E-state index contributed by atoms with van der Waals surface area (Å²) in [4.78, 5) is 3.98. The van der Waals surface area contributed by atoms with Crippen molar-refractivity contribution in [1.82, 2.24) is 4.98 Å². The lowest BCUT2D eigenvalue weighted by Crippen LogP contribution is -2.04. The fourth-order valence-corrected chi connectivity index (χ4v) is 2.58. The molecule has 1 N–H and O–H groups in total. The molecule has 0 atom stereocenters. The molecule has 1 rings (SSSR count). The summed E-state index contributed by atoms with van der Waals surface area (Å²) in [5, 5.41) is 0. The van der Waals surface area contributed by atoms with Gasteiger partial charge in [0.15, 0.2) is 0 Å². The molecule has 5 nitrogen and oxygen atoms in total. The first-order valence-electron chi connectivity index (χ1n) is 9.15. The average molecular weight is 372 g/mol. The van der Waals surface area contributed by atoms with Crippen molar-refractivity contribution in [2.24, 2.45) is 0 Å². The van der Waals surface area contributed by atoms with Crippen LogP contribution in [0.5, 0.6) is 0 Å². The molecule has 1 aromatic rings. The fourth-order valence-electron chi connectivity index (χ4n) is 2.25. The summed E-state index contributed by atoms with van der Waals surface area (Å²) in [5.41, 5.74) is 0.924. The van der Waals surface area contributed by atoms with Gasteiger partial charge in [-0.15, -0.1) is 0 Å². The predicted octanol–water partition coefficient (Wildman–Crippen LogP) is 5.45. The van der Waals surface area contributed by atoms with E-state index in [1.807, 2.05) is 18.2 Å². The molecule has 6 heteroatoms. The first kappa shape index (κ1) is 23.8. The van der Waals surface area contributed by atoms with Gasteiger partial charge < -0.3 is 0 Å². The number of hydrogen-bond donors (Lipinski definition) is 1. The highest BCUT2D eigenvalue weighted by atomic mass is 32.3. The Balaban J connectivity index is 0.000000593. The number of rotatable bonds is 13. The van der Waals surface area contributed by atoms with E-state index in [1.54, 1.807) is 12.3 Å². The van der Waals surface area contributed by atoms with Gasteiger partial charge in [0, 0.05) is 6.20 Å². The van der Waals surface area contributed by atoms with Crippen LogP contribution < -0.4 is 0 Å². The first-order chi connectivity index (χ1) is 12.0. The van der Waals surface area contributed by atoms with Crippen molar-refractivity contribution in [3.05, 3.63) is 36.7 Å². The second-order valence-corrected chi connectivity index (χ2v) is 6.98. The van der Waals surface area contributed by atoms with Crippen molar-refractivity contribution in [3.63, 3.8) is 0 Å². The SMILES string of the molecule is C=Cc1ccccn1.CCCCCCCCCCCCOS(=O)(=O)O. The van der Waals surface area contributed by atoms with E-state index < -0.39 is 10.4 Å². The predicted molar refractivity (Wildman–Crippen MR) is 104 cm³/mol. The summed E-state index contributed by atoms with van der Waals surface area (Å²) in [6, 6.07) is 5.73. The highest BCUT2D eigenvalue weighted by molar-refractivity contribution is 7.80. The average Bonchev–Trinajstić information content (AvgIpc) is 2.60. The lowest BCUT2D eigenvalue weighted by molar-refractivity contribution is 0.261. The van der Waals surface area contributed by atoms with Crippen molar-refractivity contribution in [2.45, 2.75) is 71.1 Å². The van der Waals surface area contributed by atoms with Gasteiger partial charge in [-0.25, -0.2) is 4.18 Å². The fraction of sp³-hybridized carbons (Fsp3) is 0.632. The maximum Gasteiger partial charge on any atom is 0.397 e. The molecule has 0 radical (unpaired) electrons. The molecule has 0 amide bonds. The van der Waals surface area contributed by atoms with Crippen LogP contribution in [-0.4, -0.2) is 24.6 Å². The molecule has 0 aromatic carbocycles. The van der Waals surface area contributed by atoms with E-state index >= 15 is 0 Å². The number of nitrogens with zero attached hydrogens (tertiary/aromatic N) is 1. The molecular weight excluding hydrogens is 338 g/mol. The highest BCUT2D eigenvalue weighted by Gasteiger charge is 2.02. The van der Waals surface area contributed by atoms with Gasteiger partial charge in [0.05, 0.1) is 12.3 Å². The van der Waals surface area contributed by atoms with Crippen LogP contribution in [-0.2, 0) is 14.6 Å². The van der Waals surface area contributed by atoms with Crippen LogP contribution in [0.25, 0.3) is 6.08 Å². The molecule has 1 heterocycles. The van der Waals surface area contributed by atoms with Crippen LogP contribution >= 0.6 is 0 Å². The molecule has 0 aliphatic carbocycles. The zero-order valence-electron chi connectivity index (χ0n) is 15.4. The van der Waals surface area contributed by atoms with Gasteiger partial charge in [-0.2, -0.15) is 8.42 Å². The minimum absolute atomic E-state index is 0.0926. The molecule has 0 unspecified atom stereocenters. The minimum Gasteiger partial charge on any atom is -0.264 e. The summed E-state index contributed by atoms with van der Waals surface area (Å²) in [6.45, 7) is 5.88.